The van der Waals surface area contributed by atoms with Gasteiger partial charge in [0.25, 0.3) is 0 Å². The molecule has 0 bridgehead atoms. The molecule has 0 aliphatic carbocycles. The van der Waals surface area contributed by atoms with E-state index in [4.69, 9.17) is 20.8 Å². The van der Waals surface area contributed by atoms with E-state index in [1.807, 2.05) is 4.72 Å². The summed E-state index contributed by atoms with van der Waals surface area (Å²) in [5.41, 5.74) is 1.30. The van der Waals surface area contributed by atoms with Gasteiger partial charge < -0.3 is 19.5 Å². The topological polar surface area (TPSA) is 120 Å². The van der Waals surface area contributed by atoms with Gasteiger partial charge in [0.05, 0.1) is 25.0 Å². The Balaban J connectivity index is 1.80. The Kier molecular flexibility index (Phi) is 7.09. The van der Waals surface area contributed by atoms with Crippen molar-refractivity contribution in [2.45, 2.75) is 0 Å². The number of sulfonamides is 1. The number of aromatic nitrogens is 1. The van der Waals surface area contributed by atoms with E-state index in [0.717, 1.165) is 6.26 Å². The smallest absolute Gasteiger partial charge is 0.332 e. The van der Waals surface area contributed by atoms with E-state index in [-0.39, 0.29) is 0 Å². The molecular weight excluding hydrogens is 436 g/mol. The van der Waals surface area contributed by atoms with E-state index < -0.39 is 16.1 Å². The fourth-order valence-electron chi connectivity index (χ4n) is 2.72. The lowest BCUT2D eigenvalue weighted by Crippen LogP contribution is -2.33. The zero-order chi connectivity index (χ0) is 23.1. The fraction of sp³-hybridized carbons (Fsp3) is 0.190. The predicted molar refractivity (Wildman–Crippen MR) is 119 cm³/mol. The molecule has 32 heavy (non-hydrogen) atoms. The highest BCUT2D eigenvalue weighted by Crippen LogP contribution is 2.37. The first-order valence-corrected chi connectivity index (χ1v) is 11.2. The molecule has 3 aromatic rings. The molecule has 2 amide bonds. The van der Waals surface area contributed by atoms with Crippen LogP contribution in [-0.2, 0) is 14.8 Å². The largest absolute Gasteiger partial charge is 0.502 e. The third kappa shape index (κ3) is 6.07. The van der Waals surface area contributed by atoms with E-state index in [9.17, 15) is 13.2 Å². The van der Waals surface area contributed by atoms with E-state index >= 15 is 0 Å². The second-order valence-electron chi connectivity index (χ2n) is 6.55. The van der Waals surface area contributed by atoms with Gasteiger partial charge >= 0.3 is 6.03 Å². The number of carbonyl (C=O) groups is 1. The molecule has 2 N–H and O–H groups in total. The van der Waals surface area contributed by atoms with Crippen LogP contribution in [0.25, 0.3) is 15.7 Å². The molecule has 10 nitrogen and oxygen atoms in total. The molecule has 0 fully saturated rings. The van der Waals surface area contributed by atoms with Gasteiger partial charge in [0.2, 0.25) is 15.7 Å². The van der Waals surface area contributed by atoms with Crippen molar-refractivity contribution in [1.29, 1.82) is 0 Å². The summed E-state index contributed by atoms with van der Waals surface area (Å²) in [4.78, 5) is 19.5. The number of ether oxygens (including phenoxy) is 3. The van der Waals surface area contributed by atoms with Crippen LogP contribution < -0.4 is 19.5 Å². The Bertz CT molecular complexity index is 1270. The summed E-state index contributed by atoms with van der Waals surface area (Å²) < 4.78 is 40.5. The Morgan fingerprint density at radius 1 is 1.12 bits per heavy atom. The summed E-state index contributed by atoms with van der Waals surface area (Å²) in [7, 11) is -2.09. The molecule has 0 aliphatic rings. The fourth-order valence-corrected chi connectivity index (χ4v) is 3.11. The summed E-state index contributed by atoms with van der Waals surface area (Å²) in [6.07, 6.45) is 2.47. The van der Waals surface area contributed by atoms with Gasteiger partial charge in [-0.05, 0) is 42.5 Å². The van der Waals surface area contributed by atoms with Crippen molar-refractivity contribution < 1.29 is 27.4 Å². The molecule has 11 heteroatoms. The van der Waals surface area contributed by atoms with Crippen molar-refractivity contribution in [2.75, 3.05) is 31.9 Å². The summed E-state index contributed by atoms with van der Waals surface area (Å²) in [6.45, 7) is 8.15. The van der Waals surface area contributed by atoms with Crippen LogP contribution in [-0.4, -0.2) is 46.0 Å². The van der Waals surface area contributed by atoms with Crippen molar-refractivity contribution in [3.05, 3.63) is 60.1 Å². The van der Waals surface area contributed by atoms with Gasteiger partial charge in [-0.15, -0.1) is 0 Å². The third-order valence-corrected chi connectivity index (χ3v) is 4.62. The van der Waals surface area contributed by atoms with E-state index in [2.05, 4.69) is 15.1 Å². The number of anilines is 1. The molecule has 1 heterocycles. The zero-order valence-electron chi connectivity index (χ0n) is 17.3. The maximum Gasteiger partial charge on any atom is 0.332 e. The van der Waals surface area contributed by atoms with Gasteiger partial charge in [0.15, 0.2) is 0 Å². The molecule has 3 rings (SSSR count). The first kappa shape index (κ1) is 22.8. The highest BCUT2D eigenvalue weighted by atomic mass is 32.2. The highest BCUT2D eigenvalue weighted by Gasteiger charge is 2.12. The van der Waals surface area contributed by atoms with Crippen molar-refractivity contribution in [2.24, 2.45) is 0 Å². The molecule has 0 saturated heterocycles. The zero-order valence-corrected chi connectivity index (χ0v) is 18.1. The van der Waals surface area contributed by atoms with E-state index in [0.29, 0.717) is 52.7 Å². The van der Waals surface area contributed by atoms with Gasteiger partial charge in [-0.2, -0.15) is 0 Å². The minimum atomic E-state index is -3.66. The first-order chi connectivity index (χ1) is 15.3. The Morgan fingerprint density at radius 3 is 2.53 bits per heavy atom. The minimum Gasteiger partial charge on any atom is -0.502 e. The summed E-state index contributed by atoms with van der Waals surface area (Å²) in [5.74, 6) is 1.37. The lowest BCUT2D eigenvalue weighted by molar-refractivity contribution is 0.147. The van der Waals surface area contributed by atoms with Crippen LogP contribution in [0.15, 0.2) is 48.7 Å². The number of urea groups is 1. The average Bonchev–Trinajstić information content (AvgIpc) is 2.73. The van der Waals surface area contributed by atoms with Gasteiger partial charge in [-0.1, -0.05) is 0 Å². The number of amides is 2. The van der Waals surface area contributed by atoms with Gasteiger partial charge in [0, 0.05) is 24.4 Å². The summed E-state index contributed by atoms with van der Waals surface area (Å²) >= 11 is 0. The van der Waals surface area contributed by atoms with Gasteiger partial charge in [0.1, 0.15) is 23.9 Å². The standard InChI is InChI=1S/C21H20N4O6S/c1-22-18-12-16-17(13-20(18)30-11-10-29-2)23-9-8-19(16)31-15-6-4-14(5-7-15)24-21(26)25-32(3,27)28/h4-9,12-13H,10-11H2,2-3H3,(H2,24,25,26). The number of carbonyl (C=O) groups excluding carboxylic acids is 1. The van der Waals surface area contributed by atoms with Crippen LogP contribution in [0.2, 0.25) is 0 Å². The number of nitrogens with one attached hydrogen (secondary N) is 2. The van der Waals surface area contributed by atoms with Crippen LogP contribution in [0, 0.1) is 6.57 Å². The Hall–Kier alpha value is -3.88. The second-order valence-corrected chi connectivity index (χ2v) is 8.30. The van der Waals surface area contributed by atoms with E-state index in [1.165, 1.54) is 0 Å². The number of benzene rings is 2. The predicted octanol–water partition coefficient (Wildman–Crippen LogP) is 3.68. The maximum absolute atomic E-state index is 11.6. The average molecular weight is 456 g/mol. The van der Waals surface area contributed by atoms with Crippen LogP contribution in [0.4, 0.5) is 16.2 Å². The molecular formula is C21H20N4O6S. The molecule has 166 valence electrons. The molecule has 0 saturated carbocycles. The van der Waals surface area contributed by atoms with E-state index in [1.54, 1.807) is 55.8 Å². The van der Waals surface area contributed by atoms with Crippen molar-refractivity contribution >= 4 is 38.3 Å². The first-order valence-electron chi connectivity index (χ1n) is 9.27. The number of hydrogen-bond donors (Lipinski definition) is 2. The third-order valence-electron chi connectivity index (χ3n) is 4.07. The molecule has 2 aromatic carbocycles. The SMILES string of the molecule is [C-]#[N+]c1cc2c(Oc3ccc(NC(=O)NS(C)(=O)=O)cc3)ccnc2cc1OCCOC. The highest BCUT2D eigenvalue weighted by molar-refractivity contribution is 7.89. The molecule has 0 radical (unpaired) electrons. The maximum atomic E-state index is 11.6. The second kappa shape index (κ2) is 9.95. The van der Waals surface area contributed by atoms with Crippen LogP contribution in [0.1, 0.15) is 0 Å². The van der Waals surface area contributed by atoms with Crippen molar-refractivity contribution in [3.8, 4) is 17.2 Å². The quantitative estimate of drug-likeness (QED) is 0.392. The molecule has 0 aliphatic heterocycles. The van der Waals surface area contributed by atoms with Crippen LogP contribution in [0.5, 0.6) is 17.2 Å². The monoisotopic (exact) mass is 456 g/mol. The normalized spacial score (nSPS) is 10.9. The Labute approximate surface area is 185 Å². The molecule has 0 spiro atoms. The number of nitrogens with zero attached hydrogens (tertiary/aromatic N) is 2. The molecule has 1 aromatic heterocycles. The van der Waals surface area contributed by atoms with Crippen LogP contribution >= 0.6 is 0 Å². The van der Waals surface area contributed by atoms with Crippen molar-refractivity contribution in [3.63, 3.8) is 0 Å². The summed E-state index contributed by atoms with van der Waals surface area (Å²) in [5, 5.41) is 3.04. The number of methoxy groups -OCH3 is 1. The minimum absolute atomic E-state index is 0.309. The summed E-state index contributed by atoms with van der Waals surface area (Å²) in [6, 6.07) is 10.5. The molecule has 0 atom stereocenters. The number of fused-ring (bicyclic) bond motifs is 1. The Morgan fingerprint density at radius 2 is 1.88 bits per heavy atom. The number of pyridine rings is 1. The molecule has 0 unspecified atom stereocenters. The number of hydrogen-bond acceptors (Lipinski definition) is 7. The lowest BCUT2D eigenvalue weighted by Gasteiger charge is -2.12. The van der Waals surface area contributed by atoms with Gasteiger partial charge in [-0.25, -0.2) is 22.8 Å². The number of rotatable bonds is 8. The lowest BCUT2D eigenvalue weighted by atomic mass is 10.1. The van der Waals surface area contributed by atoms with Crippen LogP contribution in [0.3, 0.4) is 0 Å². The van der Waals surface area contributed by atoms with Gasteiger partial charge in [-0.3, -0.25) is 4.98 Å². The van der Waals surface area contributed by atoms with Crippen molar-refractivity contribution in [1.82, 2.24) is 9.71 Å².